The molecule has 0 unspecified atom stereocenters. The van der Waals surface area contributed by atoms with Gasteiger partial charge in [0.1, 0.15) is 17.2 Å². The van der Waals surface area contributed by atoms with E-state index in [2.05, 4.69) is 6.07 Å². The van der Waals surface area contributed by atoms with E-state index in [4.69, 9.17) is 0 Å². The molecule has 1 aliphatic carbocycles. The monoisotopic (exact) mass is 338 g/mol. The van der Waals surface area contributed by atoms with Gasteiger partial charge in [0.2, 0.25) is 5.91 Å². The van der Waals surface area contributed by atoms with Gasteiger partial charge in [-0.05, 0) is 38.0 Å². The average Bonchev–Trinajstić information content (AvgIpc) is 2.57. The van der Waals surface area contributed by atoms with Crippen LogP contribution in [0.4, 0.5) is 8.78 Å². The van der Waals surface area contributed by atoms with Crippen molar-refractivity contribution >= 4 is 17.7 Å². The fourth-order valence-corrected chi connectivity index (χ4v) is 3.95. The highest BCUT2D eigenvalue weighted by atomic mass is 32.2. The number of nitrogens with zero attached hydrogens (tertiary/aromatic N) is 2. The molecule has 0 aromatic heterocycles. The van der Waals surface area contributed by atoms with E-state index in [9.17, 15) is 18.8 Å². The van der Waals surface area contributed by atoms with Gasteiger partial charge in [-0.2, -0.15) is 5.26 Å². The molecule has 0 spiro atoms. The van der Waals surface area contributed by atoms with Crippen molar-refractivity contribution < 1.29 is 13.6 Å². The molecule has 1 amide bonds. The minimum Gasteiger partial charge on any atom is -0.326 e. The number of benzene rings is 1. The van der Waals surface area contributed by atoms with Crippen molar-refractivity contribution in [2.75, 3.05) is 7.05 Å². The normalized spacial score (nSPS) is 18.0. The third-order valence-corrected chi connectivity index (χ3v) is 5.53. The Kier molecular flexibility index (Phi) is 5.64. The smallest absolute Gasteiger partial charge is 0.236 e. The molecule has 1 atom stereocenters. The van der Waals surface area contributed by atoms with Gasteiger partial charge in [0, 0.05) is 11.9 Å². The Morgan fingerprint density at radius 2 is 2.00 bits per heavy atom. The van der Waals surface area contributed by atoms with Crippen LogP contribution in [0.25, 0.3) is 0 Å². The van der Waals surface area contributed by atoms with Crippen LogP contribution in [0.3, 0.4) is 0 Å². The van der Waals surface area contributed by atoms with Gasteiger partial charge in [-0.25, -0.2) is 8.78 Å². The van der Waals surface area contributed by atoms with Gasteiger partial charge in [-0.3, -0.25) is 4.79 Å². The second kappa shape index (κ2) is 7.31. The average molecular weight is 338 g/mol. The van der Waals surface area contributed by atoms with E-state index in [0.717, 1.165) is 49.2 Å². The molecule has 0 saturated heterocycles. The number of hydrogen-bond donors (Lipinski definition) is 0. The summed E-state index contributed by atoms with van der Waals surface area (Å²) in [7, 11) is 1.63. The van der Waals surface area contributed by atoms with Crippen molar-refractivity contribution in [3.63, 3.8) is 0 Å². The van der Waals surface area contributed by atoms with E-state index in [-0.39, 0.29) is 10.8 Å². The lowest BCUT2D eigenvalue weighted by Crippen LogP contribution is -2.52. The lowest BCUT2D eigenvalue weighted by molar-refractivity contribution is -0.133. The largest absolute Gasteiger partial charge is 0.326 e. The first-order valence-electron chi connectivity index (χ1n) is 7.70. The Morgan fingerprint density at radius 1 is 1.35 bits per heavy atom. The maximum absolute atomic E-state index is 13.7. The molecule has 0 aliphatic heterocycles. The second-order valence-electron chi connectivity index (χ2n) is 5.94. The van der Waals surface area contributed by atoms with Gasteiger partial charge in [-0.15, -0.1) is 11.8 Å². The van der Waals surface area contributed by atoms with Gasteiger partial charge < -0.3 is 4.90 Å². The van der Waals surface area contributed by atoms with E-state index in [0.29, 0.717) is 12.8 Å². The van der Waals surface area contributed by atoms with Crippen LogP contribution in [-0.4, -0.2) is 28.6 Å². The molecular formula is C17H20F2N2OS. The van der Waals surface area contributed by atoms with E-state index >= 15 is 0 Å². The highest BCUT2D eigenvalue weighted by Gasteiger charge is 2.40. The van der Waals surface area contributed by atoms with E-state index in [1.54, 1.807) is 14.0 Å². The van der Waals surface area contributed by atoms with Gasteiger partial charge in [0.05, 0.1) is 11.3 Å². The van der Waals surface area contributed by atoms with Crippen LogP contribution in [0.1, 0.15) is 39.0 Å². The minimum absolute atomic E-state index is 0.105. The first-order chi connectivity index (χ1) is 10.9. The Bertz CT molecular complexity index is 624. The zero-order chi connectivity index (χ0) is 17.0. The lowest BCUT2D eigenvalue weighted by Gasteiger charge is -2.40. The van der Waals surface area contributed by atoms with Crippen LogP contribution in [-0.2, 0) is 4.79 Å². The first-order valence-corrected chi connectivity index (χ1v) is 8.58. The number of rotatable bonds is 4. The molecule has 1 saturated carbocycles. The van der Waals surface area contributed by atoms with Crippen molar-refractivity contribution in [3.8, 4) is 6.07 Å². The number of carbonyl (C=O) groups excluding carboxylic acids is 1. The Balaban J connectivity index is 2.12. The molecule has 0 heterocycles. The molecule has 6 heteroatoms. The summed E-state index contributed by atoms with van der Waals surface area (Å²) in [6, 6.07) is 5.49. The van der Waals surface area contributed by atoms with Crippen LogP contribution in [0, 0.1) is 23.0 Å². The van der Waals surface area contributed by atoms with Gasteiger partial charge in [-0.1, -0.05) is 19.3 Å². The van der Waals surface area contributed by atoms with Gasteiger partial charge in [0.15, 0.2) is 0 Å². The van der Waals surface area contributed by atoms with E-state index in [1.165, 1.54) is 4.90 Å². The maximum Gasteiger partial charge on any atom is 0.236 e. The van der Waals surface area contributed by atoms with Crippen molar-refractivity contribution in [3.05, 3.63) is 29.8 Å². The minimum atomic E-state index is -0.773. The predicted octanol–water partition coefficient (Wildman–Crippen LogP) is 4.13. The third kappa shape index (κ3) is 3.84. The van der Waals surface area contributed by atoms with Crippen LogP contribution in [0.15, 0.2) is 23.1 Å². The Hall–Kier alpha value is -1.61. The zero-order valence-electron chi connectivity index (χ0n) is 13.3. The molecule has 0 bridgehead atoms. The molecule has 3 nitrogen and oxygen atoms in total. The molecule has 23 heavy (non-hydrogen) atoms. The molecule has 124 valence electrons. The predicted molar refractivity (Wildman–Crippen MR) is 85.9 cm³/mol. The number of amides is 1. The van der Waals surface area contributed by atoms with Crippen molar-refractivity contribution in [2.45, 2.75) is 54.7 Å². The molecule has 1 fully saturated rings. The highest BCUT2D eigenvalue weighted by molar-refractivity contribution is 8.00. The molecule has 1 aromatic carbocycles. The van der Waals surface area contributed by atoms with Crippen molar-refractivity contribution in [1.82, 2.24) is 4.90 Å². The Morgan fingerprint density at radius 3 is 2.61 bits per heavy atom. The fraction of sp³-hybridized carbons (Fsp3) is 0.529. The van der Waals surface area contributed by atoms with E-state index in [1.807, 2.05) is 0 Å². The second-order valence-corrected chi connectivity index (χ2v) is 7.32. The SMILES string of the molecule is C[C@H](Sc1cc(F)ccc1F)C(=O)N(C)C1(C#N)CCCCC1. The third-order valence-electron chi connectivity index (χ3n) is 4.41. The summed E-state index contributed by atoms with van der Waals surface area (Å²) < 4.78 is 27.0. The van der Waals surface area contributed by atoms with Gasteiger partial charge >= 0.3 is 0 Å². The number of hydrogen-bond acceptors (Lipinski definition) is 3. The first kappa shape index (κ1) is 17.7. The number of carbonyl (C=O) groups is 1. The summed E-state index contributed by atoms with van der Waals surface area (Å²) in [6.07, 6.45) is 4.25. The summed E-state index contributed by atoms with van der Waals surface area (Å²) in [5.74, 6) is -1.32. The van der Waals surface area contributed by atoms with Crippen LogP contribution < -0.4 is 0 Å². The van der Waals surface area contributed by atoms with Crippen LogP contribution in [0.5, 0.6) is 0 Å². The summed E-state index contributed by atoms with van der Waals surface area (Å²) >= 11 is 0.978. The molecule has 0 radical (unpaired) electrons. The van der Waals surface area contributed by atoms with Crippen LogP contribution in [0.2, 0.25) is 0 Å². The zero-order valence-corrected chi connectivity index (χ0v) is 14.1. The Labute approximate surface area is 139 Å². The molecule has 1 aliphatic rings. The molecular weight excluding hydrogens is 318 g/mol. The summed E-state index contributed by atoms with van der Waals surface area (Å²) in [5, 5.41) is 8.96. The fourth-order valence-electron chi connectivity index (χ4n) is 2.95. The molecule has 2 rings (SSSR count). The maximum atomic E-state index is 13.7. The van der Waals surface area contributed by atoms with Crippen LogP contribution >= 0.6 is 11.8 Å². The number of halogens is 2. The van der Waals surface area contributed by atoms with Crippen molar-refractivity contribution in [1.29, 1.82) is 5.26 Å². The summed E-state index contributed by atoms with van der Waals surface area (Å²) in [4.78, 5) is 14.3. The topological polar surface area (TPSA) is 44.1 Å². The van der Waals surface area contributed by atoms with Gasteiger partial charge in [0.25, 0.3) is 0 Å². The number of nitriles is 1. The number of thioether (sulfide) groups is 1. The molecule has 0 N–H and O–H groups in total. The summed E-state index contributed by atoms with van der Waals surface area (Å²) in [5.41, 5.74) is -0.773. The van der Waals surface area contributed by atoms with E-state index < -0.39 is 22.4 Å². The van der Waals surface area contributed by atoms with Crippen molar-refractivity contribution in [2.24, 2.45) is 0 Å². The lowest BCUT2D eigenvalue weighted by atomic mass is 9.81. The quantitative estimate of drug-likeness (QED) is 0.775. The summed E-state index contributed by atoms with van der Waals surface area (Å²) in [6.45, 7) is 1.65. The standard InChI is InChI=1S/C17H20F2N2OS/c1-12(23-15-10-13(18)6-7-14(15)19)16(22)21(2)17(11-20)8-4-3-5-9-17/h6-7,10,12H,3-5,8-9H2,1-2H3/t12-/m0/s1. The molecule has 1 aromatic rings. The highest BCUT2D eigenvalue weighted by Crippen LogP contribution is 2.35.